The van der Waals surface area contributed by atoms with Crippen LogP contribution < -0.4 is 5.32 Å². The first-order valence-corrected chi connectivity index (χ1v) is 7.16. The van der Waals surface area contributed by atoms with Crippen LogP contribution in [0.25, 0.3) is 0 Å². The molecule has 0 saturated heterocycles. The maximum absolute atomic E-state index is 11.3. The lowest BCUT2D eigenvalue weighted by Crippen LogP contribution is -2.32. The molecule has 0 aliphatic rings. The molecule has 3 nitrogen and oxygen atoms in total. The molecule has 0 radical (unpaired) electrons. The first kappa shape index (κ1) is 16.6. The van der Waals surface area contributed by atoms with E-state index in [-0.39, 0.29) is 6.09 Å². The highest BCUT2D eigenvalue weighted by Crippen LogP contribution is 2.07. The summed E-state index contributed by atoms with van der Waals surface area (Å²) in [6, 6.07) is 0. The number of amides is 1. The molecule has 0 aromatic heterocycles. The Bertz CT molecular complexity index is 202. The van der Waals surface area contributed by atoms with Crippen molar-refractivity contribution in [3.05, 3.63) is 0 Å². The summed E-state index contributed by atoms with van der Waals surface area (Å²) in [5.74, 6) is 0.986. The average molecular weight is 261 g/mol. The highest BCUT2D eigenvalue weighted by Gasteiger charge is 2.15. The molecule has 0 bridgehead atoms. The summed E-state index contributed by atoms with van der Waals surface area (Å²) in [5, 5.41) is 2.77. The van der Waals surface area contributed by atoms with Crippen LogP contribution in [0.15, 0.2) is 0 Å². The van der Waals surface area contributed by atoms with Gasteiger partial charge in [0.15, 0.2) is 0 Å². The second-order valence-electron chi connectivity index (χ2n) is 5.27. The lowest BCUT2D eigenvalue weighted by atomic mass is 10.1. The van der Waals surface area contributed by atoms with Crippen LogP contribution in [0.1, 0.15) is 59.3 Å². The molecule has 0 aromatic carbocycles. The second kappa shape index (κ2) is 9.63. The van der Waals surface area contributed by atoms with Crippen molar-refractivity contribution in [2.75, 3.05) is 12.3 Å². The molecule has 4 heteroatoms. The molecule has 0 aliphatic carbocycles. The summed E-state index contributed by atoms with van der Waals surface area (Å²) in [5.41, 5.74) is -0.406. The molecule has 0 rings (SSSR count). The first-order chi connectivity index (χ1) is 7.95. The van der Waals surface area contributed by atoms with E-state index in [0.717, 1.165) is 12.2 Å². The van der Waals surface area contributed by atoms with Gasteiger partial charge in [0.2, 0.25) is 0 Å². The standard InChI is InChI=1S/C13H27NO2S/c1-13(2,3)16-12(15)14-10-8-6-4-5-7-9-11-17/h17H,4-11H2,1-3H3,(H,14,15). The third-order valence-electron chi connectivity index (χ3n) is 2.25. The lowest BCUT2D eigenvalue weighted by Gasteiger charge is -2.19. The number of unbranched alkanes of at least 4 members (excludes halogenated alkanes) is 5. The van der Waals surface area contributed by atoms with Crippen LogP contribution in [-0.4, -0.2) is 24.0 Å². The van der Waals surface area contributed by atoms with Crippen molar-refractivity contribution in [2.45, 2.75) is 64.9 Å². The molecule has 17 heavy (non-hydrogen) atoms. The second-order valence-corrected chi connectivity index (χ2v) is 5.72. The first-order valence-electron chi connectivity index (χ1n) is 6.53. The Labute approximate surface area is 111 Å². The Morgan fingerprint density at radius 3 is 2.12 bits per heavy atom. The fraction of sp³-hybridized carbons (Fsp3) is 0.923. The quantitative estimate of drug-likeness (QED) is 0.515. The van der Waals surface area contributed by atoms with E-state index in [1.165, 1.54) is 32.1 Å². The number of rotatable bonds is 8. The molecule has 0 heterocycles. The molecular formula is C13H27NO2S. The van der Waals surface area contributed by atoms with Crippen LogP contribution in [0.3, 0.4) is 0 Å². The third-order valence-corrected chi connectivity index (χ3v) is 2.57. The fourth-order valence-corrected chi connectivity index (χ4v) is 1.67. The summed E-state index contributed by atoms with van der Waals surface area (Å²) in [7, 11) is 0. The largest absolute Gasteiger partial charge is 0.444 e. The van der Waals surface area contributed by atoms with E-state index >= 15 is 0 Å². The number of nitrogens with one attached hydrogen (secondary N) is 1. The Morgan fingerprint density at radius 1 is 1.06 bits per heavy atom. The van der Waals surface area contributed by atoms with E-state index in [1.54, 1.807) is 0 Å². The smallest absolute Gasteiger partial charge is 0.407 e. The van der Waals surface area contributed by atoms with Crippen molar-refractivity contribution >= 4 is 18.7 Å². The zero-order chi connectivity index (χ0) is 13.1. The van der Waals surface area contributed by atoms with Crippen molar-refractivity contribution in [1.29, 1.82) is 0 Å². The predicted molar refractivity (Wildman–Crippen MR) is 75.8 cm³/mol. The monoisotopic (exact) mass is 261 g/mol. The molecule has 0 fully saturated rings. The van der Waals surface area contributed by atoms with Gasteiger partial charge in [-0.25, -0.2) is 4.79 Å². The third kappa shape index (κ3) is 13.6. The summed E-state index contributed by atoms with van der Waals surface area (Å²) < 4.78 is 5.14. The van der Waals surface area contributed by atoms with Gasteiger partial charge in [-0.1, -0.05) is 25.7 Å². The van der Waals surface area contributed by atoms with Crippen LogP contribution >= 0.6 is 12.6 Å². The number of hydrogen-bond acceptors (Lipinski definition) is 3. The van der Waals surface area contributed by atoms with Crippen LogP contribution in [0.5, 0.6) is 0 Å². The zero-order valence-corrected chi connectivity index (χ0v) is 12.3. The molecule has 1 N–H and O–H groups in total. The SMILES string of the molecule is CC(C)(C)OC(=O)NCCCCCCCCS. The van der Waals surface area contributed by atoms with Crippen molar-refractivity contribution in [3.8, 4) is 0 Å². The topological polar surface area (TPSA) is 38.3 Å². The van der Waals surface area contributed by atoms with Gasteiger partial charge in [-0.05, 0) is 39.4 Å². The Hall–Kier alpha value is -0.380. The minimum atomic E-state index is -0.406. The number of carbonyl (C=O) groups is 1. The highest BCUT2D eigenvalue weighted by molar-refractivity contribution is 7.80. The van der Waals surface area contributed by atoms with E-state index in [1.807, 2.05) is 20.8 Å². The summed E-state index contributed by atoms with van der Waals surface area (Å²) in [6.45, 7) is 6.32. The Kier molecular flexibility index (Phi) is 9.41. The number of thiol groups is 1. The molecule has 0 atom stereocenters. The van der Waals surface area contributed by atoms with Crippen molar-refractivity contribution in [1.82, 2.24) is 5.32 Å². The minimum Gasteiger partial charge on any atom is -0.444 e. The van der Waals surface area contributed by atoms with Crippen molar-refractivity contribution in [3.63, 3.8) is 0 Å². The van der Waals surface area contributed by atoms with E-state index in [4.69, 9.17) is 4.74 Å². The van der Waals surface area contributed by atoms with Crippen LogP contribution in [-0.2, 0) is 4.74 Å². The number of hydrogen-bond donors (Lipinski definition) is 2. The van der Waals surface area contributed by atoms with Crippen molar-refractivity contribution < 1.29 is 9.53 Å². The fourth-order valence-electron chi connectivity index (χ4n) is 1.45. The molecule has 0 saturated carbocycles. The normalized spacial score (nSPS) is 11.3. The maximum atomic E-state index is 11.3. The summed E-state index contributed by atoms with van der Waals surface area (Å²) >= 11 is 4.17. The molecule has 102 valence electrons. The van der Waals surface area contributed by atoms with Gasteiger partial charge in [0.05, 0.1) is 0 Å². The molecule has 0 aliphatic heterocycles. The highest BCUT2D eigenvalue weighted by atomic mass is 32.1. The van der Waals surface area contributed by atoms with Gasteiger partial charge < -0.3 is 10.1 Å². The van der Waals surface area contributed by atoms with Gasteiger partial charge in [0.25, 0.3) is 0 Å². The van der Waals surface area contributed by atoms with Gasteiger partial charge in [-0.2, -0.15) is 12.6 Å². The predicted octanol–water partition coefficient (Wildman–Crippen LogP) is 3.78. The van der Waals surface area contributed by atoms with Gasteiger partial charge in [-0.15, -0.1) is 0 Å². The maximum Gasteiger partial charge on any atom is 0.407 e. The Morgan fingerprint density at radius 2 is 1.59 bits per heavy atom. The summed E-state index contributed by atoms with van der Waals surface area (Å²) in [4.78, 5) is 11.3. The van der Waals surface area contributed by atoms with Crippen LogP contribution in [0.4, 0.5) is 4.79 Å². The van der Waals surface area contributed by atoms with Crippen molar-refractivity contribution in [2.24, 2.45) is 0 Å². The molecule has 0 aromatic rings. The average Bonchev–Trinajstić information content (AvgIpc) is 2.19. The van der Waals surface area contributed by atoms with Gasteiger partial charge >= 0.3 is 6.09 Å². The Balaban J connectivity index is 3.25. The molecule has 1 amide bonds. The number of carbonyl (C=O) groups excluding carboxylic acids is 1. The van der Waals surface area contributed by atoms with Gasteiger partial charge in [-0.3, -0.25) is 0 Å². The molecule has 0 unspecified atom stereocenters. The van der Waals surface area contributed by atoms with Crippen LogP contribution in [0.2, 0.25) is 0 Å². The van der Waals surface area contributed by atoms with Gasteiger partial charge in [0, 0.05) is 6.54 Å². The van der Waals surface area contributed by atoms with E-state index in [2.05, 4.69) is 17.9 Å². The summed E-state index contributed by atoms with van der Waals surface area (Å²) in [6.07, 6.45) is 6.87. The minimum absolute atomic E-state index is 0.312. The molecular weight excluding hydrogens is 234 g/mol. The number of alkyl carbamates (subject to hydrolysis) is 1. The van der Waals surface area contributed by atoms with E-state index < -0.39 is 5.60 Å². The van der Waals surface area contributed by atoms with E-state index in [9.17, 15) is 4.79 Å². The lowest BCUT2D eigenvalue weighted by molar-refractivity contribution is 0.0527. The molecule has 0 spiro atoms. The van der Waals surface area contributed by atoms with Crippen LogP contribution in [0, 0.1) is 0 Å². The number of ether oxygens (including phenoxy) is 1. The van der Waals surface area contributed by atoms with E-state index in [0.29, 0.717) is 6.54 Å². The zero-order valence-electron chi connectivity index (χ0n) is 11.4. The van der Waals surface area contributed by atoms with Gasteiger partial charge in [0.1, 0.15) is 5.60 Å².